The van der Waals surface area contributed by atoms with Crippen LogP contribution in [-0.2, 0) is 13.1 Å². The van der Waals surface area contributed by atoms with Crippen LogP contribution in [0.3, 0.4) is 0 Å². The molecule has 0 saturated heterocycles. The molecule has 1 aromatic heterocycles. The second-order valence-electron chi connectivity index (χ2n) is 3.95. The first-order valence-electron chi connectivity index (χ1n) is 5.01. The van der Waals surface area contributed by atoms with E-state index in [4.69, 9.17) is 0 Å². The van der Waals surface area contributed by atoms with E-state index in [2.05, 4.69) is 34.5 Å². The summed E-state index contributed by atoms with van der Waals surface area (Å²) in [6, 6.07) is 0.628. The Bertz CT molecular complexity index is 277. The standard InChI is InChI=1S/C10H17N3/c1-9(2)13-6-3-5-12-7-4-11-10(12)8-13/h4,7,9H,3,5-6,8H2,1-2H3. The molecule has 1 aliphatic heterocycles. The molecule has 0 aromatic carbocycles. The molecule has 3 nitrogen and oxygen atoms in total. The summed E-state index contributed by atoms with van der Waals surface area (Å²) in [5.41, 5.74) is 0. The van der Waals surface area contributed by atoms with Gasteiger partial charge in [0.25, 0.3) is 0 Å². The van der Waals surface area contributed by atoms with E-state index in [1.165, 1.54) is 18.8 Å². The van der Waals surface area contributed by atoms with Gasteiger partial charge in [-0.25, -0.2) is 4.98 Å². The highest BCUT2D eigenvalue weighted by atomic mass is 15.2. The monoisotopic (exact) mass is 179 g/mol. The predicted molar refractivity (Wildman–Crippen MR) is 52.4 cm³/mol. The third kappa shape index (κ3) is 1.75. The summed E-state index contributed by atoms with van der Waals surface area (Å²) in [5, 5.41) is 0. The number of hydrogen-bond acceptors (Lipinski definition) is 2. The van der Waals surface area contributed by atoms with Gasteiger partial charge in [-0.1, -0.05) is 0 Å². The van der Waals surface area contributed by atoms with E-state index >= 15 is 0 Å². The quantitative estimate of drug-likeness (QED) is 0.651. The van der Waals surface area contributed by atoms with Gasteiger partial charge in [0.1, 0.15) is 5.82 Å². The highest BCUT2D eigenvalue weighted by Crippen LogP contribution is 2.12. The number of aryl methyl sites for hydroxylation is 1. The molecular formula is C10H17N3. The van der Waals surface area contributed by atoms with Gasteiger partial charge in [-0.3, -0.25) is 4.90 Å². The van der Waals surface area contributed by atoms with E-state index in [9.17, 15) is 0 Å². The first kappa shape index (κ1) is 8.75. The summed E-state index contributed by atoms with van der Waals surface area (Å²) < 4.78 is 2.27. The molecule has 0 N–H and O–H groups in total. The van der Waals surface area contributed by atoms with Gasteiger partial charge in [0.05, 0.1) is 6.54 Å². The minimum atomic E-state index is 0.628. The topological polar surface area (TPSA) is 21.1 Å². The van der Waals surface area contributed by atoms with Crippen LogP contribution < -0.4 is 0 Å². The van der Waals surface area contributed by atoms with Crippen LogP contribution in [0, 0.1) is 0 Å². The largest absolute Gasteiger partial charge is 0.334 e. The van der Waals surface area contributed by atoms with E-state index in [0.29, 0.717) is 6.04 Å². The second-order valence-corrected chi connectivity index (χ2v) is 3.95. The van der Waals surface area contributed by atoms with Crippen molar-refractivity contribution in [2.24, 2.45) is 0 Å². The average Bonchev–Trinajstić information content (AvgIpc) is 2.42. The predicted octanol–water partition coefficient (Wildman–Crippen LogP) is 1.50. The molecule has 2 heterocycles. The minimum absolute atomic E-state index is 0.628. The second kappa shape index (κ2) is 3.50. The zero-order valence-corrected chi connectivity index (χ0v) is 8.40. The zero-order chi connectivity index (χ0) is 9.26. The van der Waals surface area contributed by atoms with Crippen LogP contribution in [0.15, 0.2) is 12.4 Å². The highest BCUT2D eigenvalue weighted by Gasteiger charge is 2.16. The first-order chi connectivity index (χ1) is 6.27. The van der Waals surface area contributed by atoms with Gasteiger partial charge in [-0.05, 0) is 20.3 Å². The fourth-order valence-corrected chi connectivity index (χ4v) is 1.84. The summed E-state index contributed by atoms with van der Waals surface area (Å²) in [6.07, 6.45) is 5.22. The van der Waals surface area contributed by atoms with Crippen LogP contribution in [0.1, 0.15) is 26.1 Å². The third-order valence-corrected chi connectivity index (χ3v) is 2.72. The van der Waals surface area contributed by atoms with Crippen LogP contribution >= 0.6 is 0 Å². The van der Waals surface area contributed by atoms with Gasteiger partial charge in [-0.15, -0.1) is 0 Å². The van der Waals surface area contributed by atoms with Crippen molar-refractivity contribution in [3.05, 3.63) is 18.2 Å². The number of nitrogens with zero attached hydrogens (tertiary/aromatic N) is 3. The van der Waals surface area contributed by atoms with Crippen LogP contribution in [-0.4, -0.2) is 27.0 Å². The molecule has 0 aliphatic carbocycles. The molecule has 0 radical (unpaired) electrons. The van der Waals surface area contributed by atoms with Crippen molar-refractivity contribution < 1.29 is 0 Å². The van der Waals surface area contributed by atoms with Crippen molar-refractivity contribution in [1.82, 2.24) is 14.5 Å². The Morgan fingerprint density at radius 1 is 1.38 bits per heavy atom. The van der Waals surface area contributed by atoms with Gasteiger partial charge in [0.2, 0.25) is 0 Å². The summed E-state index contributed by atoms with van der Waals surface area (Å²) in [7, 11) is 0. The number of fused-ring (bicyclic) bond motifs is 1. The van der Waals surface area contributed by atoms with E-state index in [1.807, 2.05) is 6.20 Å². The lowest BCUT2D eigenvalue weighted by Crippen LogP contribution is -2.30. The van der Waals surface area contributed by atoms with Crippen LogP contribution in [0.5, 0.6) is 0 Å². The van der Waals surface area contributed by atoms with Crippen molar-refractivity contribution in [2.45, 2.75) is 39.4 Å². The van der Waals surface area contributed by atoms with Crippen LogP contribution in [0.2, 0.25) is 0 Å². The maximum Gasteiger partial charge on any atom is 0.122 e. The van der Waals surface area contributed by atoms with Crippen molar-refractivity contribution in [3.8, 4) is 0 Å². The lowest BCUT2D eigenvalue weighted by Gasteiger charge is -2.23. The smallest absolute Gasteiger partial charge is 0.122 e. The summed E-state index contributed by atoms with van der Waals surface area (Å²) in [4.78, 5) is 6.85. The Labute approximate surface area is 79.4 Å². The zero-order valence-electron chi connectivity index (χ0n) is 8.40. The van der Waals surface area contributed by atoms with E-state index in [0.717, 1.165) is 13.1 Å². The minimum Gasteiger partial charge on any atom is -0.334 e. The number of rotatable bonds is 1. The maximum absolute atomic E-state index is 4.37. The van der Waals surface area contributed by atoms with Gasteiger partial charge >= 0.3 is 0 Å². The fraction of sp³-hybridized carbons (Fsp3) is 0.700. The maximum atomic E-state index is 4.37. The van der Waals surface area contributed by atoms with Crippen molar-refractivity contribution in [1.29, 1.82) is 0 Å². The summed E-state index contributed by atoms with van der Waals surface area (Å²) in [5.74, 6) is 1.21. The fourth-order valence-electron chi connectivity index (χ4n) is 1.84. The Morgan fingerprint density at radius 3 is 3.00 bits per heavy atom. The highest BCUT2D eigenvalue weighted by molar-refractivity contribution is 4.94. The molecular weight excluding hydrogens is 162 g/mol. The SMILES string of the molecule is CC(C)N1CCCn2ccnc2C1. The van der Waals surface area contributed by atoms with Crippen molar-refractivity contribution in [2.75, 3.05) is 6.54 Å². The molecule has 0 saturated carbocycles. The average molecular weight is 179 g/mol. The molecule has 0 unspecified atom stereocenters. The molecule has 2 rings (SSSR count). The van der Waals surface area contributed by atoms with E-state index in [1.54, 1.807) is 0 Å². The molecule has 1 aliphatic rings. The van der Waals surface area contributed by atoms with E-state index in [-0.39, 0.29) is 0 Å². The van der Waals surface area contributed by atoms with Crippen LogP contribution in [0.25, 0.3) is 0 Å². The third-order valence-electron chi connectivity index (χ3n) is 2.72. The lowest BCUT2D eigenvalue weighted by atomic mass is 10.3. The van der Waals surface area contributed by atoms with Crippen molar-refractivity contribution in [3.63, 3.8) is 0 Å². The van der Waals surface area contributed by atoms with Crippen LogP contribution in [0.4, 0.5) is 0 Å². The lowest BCUT2D eigenvalue weighted by molar-refractivity contribution is 0.214. The molecule has 0 bridgehead atoms. The Hall–Kier alpha value is -0.830. The Morgan fingerprint density at radius 2 is 2.23 bits per heavy atom. The van der Waals surface area contributed by atoms with Gasteiger partial charge in [0.15, 0.2) is 0 Å². The summed E-state index contributed by atoms with van der Waals surface area (Å²) >= 11 is 0. The molecule has 0 amide bonds. The Balaban J connectivity index is 2.17. The molecule has 13 heavy (non-hydrogen) atoms. The molecule has 0 fully saturated rings. The van der Waals surface area contributed by atoms with Gasteiger partial charge in [0, 0.05) is 31.5 Å². The normalized spacial score (nSPS) is 18.7. The van der Waals surface area contributed by atoms with Crippen molar-refractivity contribution >= 4 is 0 Å². The molecule has 0 spiro atoms. The molecule has 0 atom stereocenters. The van der Waals surface area contributed by atoms with Gasteiger partial charge < -0.3 is 4.57 Å². The first-order valence-corrected chi connectivity index (χ1v) is 5.01. The summed E-state index contributed by atoms with van der Waals surface area (Å²) in [6.45, 7) is 7.82. The van der Waals surface area contributed by atoms with E-state index < -0.39 is 0 Å². The number of imidazole rings is 1. The molecule has 3 heteroatoms. The van der Waals surface area contributed by atoms with Gasteiger partial charge in [-0.2, -0.15) is 0 Å². The molecule has 1 aromatic rings. The Kier molecular flexibility index (Phi) is 2.36. The number of hydrogen-bond donors (Lipinski definition) is 0. The number of aromatic nitrogens is 2. The molecule has 72 valence electrons.